The number of rotatable bonds is 6. The van der Waals surface area contributed by atoms with Crippen LogP contribution in [0.25, 0.3) is 16.6 Å². The van der Waals surface area contributed by atoms with E-state index in [0.29, 0.717) is 28.2 Å². The molecule has 33 heavy (non-hydrogen) atoms. The second-order valence-electron chi connectivity index (χ2n) is 7.78. The molecular weight excluding hydrogens is 504 g/mol. The van der Waals surface area contributed by atoms with Crippen molar-refractivity contribution in [3.8, 4) is 11.4 Å². The molecule has 6 nitrogen and oxygen atoms in total. The van der Waals surface area contributed by atoms with Crippen LogP contribution in [0, 0.1) is 13.8 Å². The second kappa shape index (κ2) is 9.53. The van der Waals surface area contributed by atoms with Crippen LogP contribution in [0.2, 0.25) is 5.02 Å². The van der Waals surface area contributed by atoms with Crippen LogP contribution in [-0.4, -0.2) is 27.6 Å². The number of methoxy groups -OCH3 is 1. The average molecular weight is 528 g/mol. The molecule has 0 bridgehead atoms. The second-order valence-corrected chi connectivity index (χ2v) is 9.13. The van der Waals surface area contributed by atoms with E-state index in [4.69, 9.17) is 21.3 Å². The maximum absolute atomic E-state index is 13.2. The van der Waals surface area contributed by atoms with E-state index in [9.17, 15) is 4.79 Å². The maximum Gasteiger partial charge on any atom is 0.282 e. The number of halogens is 2. The lowest BCUT2D eigenvalue weighted by atomic mass is 10.2. The van der Waals surface area contributed by atoms with Gasteiger partial charge in [-0.1, -0.05) is 34.5 Å². The molecule has 0 radical (unpaired) electrons. The monoisotopic (exact) mass is 526 g/mol. The first kappa shape index (κ1) is 23.3. The summed E-state index contributed by atoms with van der Waals surface area (Å²) < 4.78 is 9.84. The molecule has 0 aliphatic rings. The highest BCUT2D eigenvalue weighted by Gasteiger charge is 2.15. The van der Waals surface area contributed by atoms with E-state index in [0.717, 1.165) is 39.3 Å². The minimum Gasteiger partial charge on any atom is -0.495 e. The lowest BCUT2D eigenvalue weighted by Crippen LogP contribution is -2.22. The fourth-order valence-corrected chi connectivity index (χ4v) is 4.47. The lowest BCUT2D eigenvalue weighted by Gasteiger charge is -2.14. The van der Waals surface area contributed by atoms with Gasteiger partial charge in [0.05, 0.1) is 29.9 Å². The number of benzene rings is 2. The summed E-state index contributed by atoms with van der Waals surface area (Å²) in [6.45, 7) is 6.06. The standard InChI is InChI=1S/C25H24BrClN4O2/c1-5-6-24-29-21-9-7-18(26)12-20(21)25(32)31(24)28-14-17-11-15(2)30(16(17)3)22-13-19(27)8-10-23(22)33-4/h7-14H,5-6H2,1-4H3. The van der Waals surface area contributed by atoms with Gasteiger partial charge in [0, 0.05) is 32.9 Å². The van der Waals surface area contributed by atoms with Gasteiger partial charge < -0.3 is 9.30 Å². The summed E-state index contributed by atoms with van der Waals surface area (Å²) in [6, 6.07) is 13.1. The molecule has 0 aliphatic carbocycles. The van der Waals surface area contributed by atoms with Gasteiger partial charge in [0.2, 0.25) is 0 Å². The molecule has 0 saturated carbocycles. The topological polar surface area (TPSA) is 61.4 Å². The Kier molecular flexibility index (Phi) is 6.72. The van der Waals surface area contributed by atoms with Crippen molar-refractivity contribution in [1.29, 1.82) is 0 Å². The summed E-state index contributed by atoms with van der Waals surface area (Å²) in [6.07, 6.45) is 3.21. The number of nitrogens with zero attached hydrogens (tertiary/aromatic N) is 4. The lowest BCUT2D eigenvalue weighted by molar-refractivity contribution is 0.412. The van der Waals surface area contributed by atoms with E-state index < -0.39 is 0 Å². The summed E-state index contributed by atoms with van der Waals surface area (Å²) in [7, 11) is 1.63. The predicted molar refractivity (Wildman–Crippen MR) is 137 cm³/mol. The van der Waals surface area contributed by atoms with Gasteiger partial charge in [0.15, 0.2) is 0 Å². The molecule has 0 aliphatic heterocycles. The van der Waals surface area contributed by atoms with Crippen molar-refractivity contribution >= 4 is 44.6 Å². The van der Waals surface area contributed by atoms with Crippen molar-refractivity contribution in [2.24, 2.45) is 5.10 Å². The molecule has 8 heteroatoms. The molecule has 2 aromatic carbocycles. The zero-order chi connectivity index (χ0) is 23.7. The first-order chi connectivity index (χ1) is 15.8. The number of fused-ring (bicyclic) bond motifs is 1. The highest BCUT2D eigenvalue weighted by Crippen LogP contribution is 2.30. The molecule has 4 aromatic rings. The van der Waals surface area contributed by atoms with E-state index in [1.807, 2.05) is 44.2 Å². The molecule has 2 aromatic heterocycles. The zero-order valence-corrected chi connectivity index (χ0v) is 21.2. The Balaban J connectivity index is 1.84. The highest BCUT2D eigenvalue weighted by molar-refractivity contribution is 9.10. The van der Waals surface area contributed by atoms with Crippen LogP contribution in [-0.2, 0) is 6.42 Å². The SMILES string of the molecule is CCCc1nc2ccc(Br)cc2c(=O)n1N=Cc1cc(C)n(-c2cc(Cl)ccc2OC)c1C. The van der Waals surface area contributed by atoms with Gasteiger partial charge >= 0.3 is 0 Å². The van der Waals surface area contributed by atoms with Crippen molar-refractivity contribution in [3.05, 3.63) is 85.1 Å². The third-order valence-corrected chi connectivity index (χ3v) is 6.24. The third-order valence-electron chi connectivity index (χ3n) is 5.51. The molecule has 170 valence electrons. The Morgan fingerprint density at radius 2 is 1.97 bits per heavy atom. The number of aromatic nitrogens is 3. The van der Waals surface area contributed by atoms with E-state index in [1.54, 1.807) is 25.5 Å². The fraction of sp³-hybridized carbons (Fsp3) is 0.240. The van der Waals surface area contributed by atoms with Crippen LogP contribution in [0.15, 0.2) is 56.8 Å². The third kappa shape index (κ3) is 4.48. The van der Waals surface area contributed by atoms with Crippen LogP contribution in [0.4, 0.5) is 0 Å². The molecule has 4 rings (SSSR count). The normalized spacial score (nSPS) is 11.6. The van der Waals surface area contributed by atoms with Crippen molar-refractivity contribution in [3.63, 3.8) is 0 Å². The largest absolute Gasteiger partial charge is 0.495 e. The molecule has 0 atom stereocenters. The first-order valence-electron chi connectivity index (χ1n) is 10.6. The average Bonchev–Trinajstić information content (AvgIpc) is 3.07. The van der Waals surface area contributed by atoms with Gasteiger partial charge in [-0.25, -0.2) is 4.98 Å². The summed E-state index contributed by atoms with van der Waals surface area (Å²) in [4.78, 5) is 17.9. The fourth-order valence-electron chi connectivity index (χ4n) is 3.95. The summed E-state index contributed by atoms with van der Waals surface area (Å²) in [5.41, 5.74) is 4.17. The van der Waals surface area contributed by atoms with Gasteiger partial charge in [-0.15, -0.1) is 0 Å². The molecule has 0 spiro atoms. The smallest absolute Gasteiger partial charge is 0.282 e. The molecule has 0 unspecified atom stereocenters. The Morgan fingerprint density at radius 1 is 1.18 bits per heavy atom. The summed E-state index contributed by atoms with van der Waals surface area (Å²) >= 11 is 9.69. The highest BCUT2D eigenvalue weighted by atomic mass is 79.9. The predicted octanol–water partition coefficient (Wildman–Crippen LogP) is 6.06. The van der Waals surface area contributed by atoms with E-state index in [1.165, 1.54) is 4.68 Å². The van der Waals surface area contributed by atoms with Crippen molar-refractivity contribution in [1.82, 2.24) is 14.2 Å². The number of hydrogen-bond donors (Lipinski definition) is 0. The Bertz CT molecular complexity index is 1440. The van der Waals surface area contributed by atoms with E-state index in [-0.39, 0.29) is 5.56 Å². The first-order valence-corrected chi connectivity index (χ1v) is 11.8. The molecule has 0 fully saturated rings. The van der Waals surface area contributed by atoms with Crippen LogP contribution < -0.4 is 10.3 Å². The molecule has 0 amide bonds. The van der Waals surface area contributed by atoms with Gasteiger partial charge in [-0.2, -0.15) is 9.78 Å². The van der Waals surface area contributed by atoms with Crippen molar-refractivity contribution in [2.45, 2.75) is 33.6 Å². The van der Waals surface area contributed by atoms with Gasteiger partial charge in [0.1, 0.15) is 11.6 Å². The Morgan fingerprint density at radius 3 is 2.70 bits per heavy atom. The summed E-state index contributed by atoms with van der Waals surface area (Å²) in [5, 5.41) is 5.72. The minimum absolute atomic E-state index is 0.189. The van der Waals surface area contributed by atoms with Crippen LogP contribution >= 0.6 is 27.5 Å². The molecule has 2 heterocycles. The van der Waals surface area contributed by atoms with Crippen molar-refractivity contribution in [2.75, 3.05) is 7.11 Å². The number of aryl methyl sites for hydroxylation is 2. The maximum atomic E-state index is 13.2. The van der Waals surface area contributed by atoms with E-state index >= 15 is 0 Å². The Hall–Kier alpha value is -2.90. The quantitative estimate of drug-likeness (QED) is 0.286. The molecule has 0 N–H and O–H groups in total. The van der Waals surface area contributed by atoms with Crippen LogP contribution in [0.5, 0.6) is 5.75 Å². The summed E-state index contributed by atoms with van der Waals surface area (Å²) in [5.74, 6) is 1.36. The van der Waals surface area contributed by atoms with Crippen molar-refractivity contribution < 1.29 is 4.74 Å². The Labute approximate surface area is 205 Å². The van der Waals surface area contributed by atoms with Gasteiger partial charge in [-0.3, -0.25) is 4.79 Å². The van der Waals surface area contributed by atoms with Crippen LogP contribution in [0.1, 0.15) is 36.1 Å². The molecule has 0 saturated heterocycles. The zero-order valence-electron chi connectivity index (χ0n) is 18.9. The number of hydrogen-bond acceptors (Lipinski definition) is 4. The van der Waals surface area contributed by atoms with Crippen LogP contribution in [0.3, 0.4) is 0 Å². The minimum atomic E-state index is -0.189. The number of ether oxygens (including phenoxy) is 1. The van der Waals surface area contributed by atoms with E-state index in [2.05, 4.69) is 32.5 Å². The van der Waals surface area contributed by atoms with Gasteiger partial charge in [-0.05, 0) is 62.7 Å². The molecular formula is C25H24BrClN4O2. The van der Waals surface area contributed by atoms with Gasteiger partial charge in [0.25, 0.3) is 5.56 Å².